The second kappa shape index (κ2) is 5.50. The molecule has 0 radical (unpaired) electrons. The van der Waals surface area contributed by atoms with Gasteiger partial charge in [-0.1, -0.05) is 51.2 Å². The molecule has 1 aromatic rings. The zero-order valence-corrected chi connectivity index (χ0v) is 11.8. The summed E-state index contributed by atoms with van der Waals surface area (Å²) in [5.41, 5.74) is 6.79. The molecule has 0 heterocycles. The van der Waals surface area contributed by atoms with Crippen molar-refractivity contribution in [3.8, 4) is 5.75 Å². The molecule has 2 nitrogen and oxygen atoms in total. The minimum Gasteiger partial charge on any atom is -0.490 e. The fourth-order valence-corrected chi connectivity index (χ4v) is 1.97. The molecule has 1 unspecified atom stereocenters. The third-order valence-electron chi connectivity index (χ3n) is 2.51. The van der Waals surface area contributed by atoms with Crippen LogP contribution in [0.5, 0.6) is 5.75 Å². The van der Waals surface area contributed by atoms with Gasteiger partial charge in [0.2, 0.25) is 0 Å². The predicted molar refractivity (Wildman–Crippen MR) is 76.6 cm³/mol. The summed E-state index contributed by atoms with van der Waals surface area (Å²) in [6, 6.07) is 8.11. The van der Waals surface area contributed by atoms with Gasteiger partial charge in [0.25, 0.3) is 0 Å². The lowest BCUT2D eigenvalue weighted by atomic mass is 9.86. The van der Waals surface area contributed by atoms with Crippen LogP contribution in [0.1, 0.15) is 39.7 Å². The largest absolute Gasteiger partial charge is 0.490 e. The van der Waals surface area contributed by atoms with Gasteiger partial charge in [-0.3, -0.25) is 0 Å². The lowest BCUT2D eigenvalue weighted by molar-refractivity contribution is 0.225. The SMILES string of the molecule is CC(CC(N)=S)Oc1ccccc1C(C)(C)C. The van der Waals surface area contributed by atoms with Gasteiger partial charge < -0.3 is 10.5 Å². The molecule has 1 atom stereocenters. The summed E-state index contributed by atoms with van der Waals surface area (Å²) in [5, 5.41) is 0. The van der Waals surface area contributed by atoms with Crippen molar-refractivity contribution in [1.29, 1.82) is 0 Å². The van der Waals surface area contributed by atoms with E-state index in [1.54, 1.807) is 0 Å². The van der Waals surface area contributed by atoms with Crippen LogP contribution in [0.4, 0.5) is 0 Å². The minimum atomic E-state index is 0.0102. The maximum absolute atomic E-state index is 5.92. The quantitative estimate of drug-likeness (QED) is 0.833. The van der Waals surface area contributed by atoms with E-state index in [-0.39, 0.29) is 11.5 Å². The highest BCUT2D eigenvalue weighted by Gasteiger charge is 2.19. The molecule has 2 N–H and O–H groups in total. The first-order valence-corrected chi connectivity index (χ1v) is 6.26. The number of thiocarbonyl (C=S) groups is 1. The first-order valence-electron chi connectivity index (χ1n) is 5.85. The number of nitrogens with two attached hydrogens (primary N) is 1. The van der Waals surface area contributed by atoms with E-state index in [4.69, 9.17) is 22.7 Å². The molecule has 0 aliphatic rings. The third kappa shape index (κ3) is 4.35. The molecule has 17 heavy (non-hydrogen) atoms. The molecule has 0 saturated carbocycles. The second-order valence-corrected chi connectivity index (χ2v) is 5.87. The normalized spacial score (nSPS) is 13.2. The van der Waals surface area contributed by atoms with Crippen LogP contribution in [-0.2, 0) is 5.41 Å². The van der Waals surface area contributed by atoms with Crippen molar-refractivity contribution < 1.29 is 4.74 Å². The van der Waals surface area contributed by atoms with Crippen LogP contribution in [-0.4, -0.2) is 11.1 Å². The van der Waals surface area contributed by atoms with E-state index < -0.39 is 0 Å². The summed E-state index contributed by atoms with van der Waals surface area (Å²) in [6.45, 7) is 8.51. The minimum absolute atomic E-state index is 0.0102. The highest BCUT2D eigenvalue weighted by Crippen LogP contribution is 2.31. The molecule has 3 heteroatoms. The van der Waals surface area contributed by atoms with Crippen molar-refractivity contribution in [3.63, 3.8) is 0 Å². The zero-order chi connectivity index (χ0) is 13.1. The van der Waals surface area contributed by atoms with E-state index >= 15 is 0 Å². The van der Waals surface area contributed by atoms with Gasteiger partial charge in [-0.2, -0.15) is 0 Å². The van der Waals surface area contributed by atoms with Gasteiger partial charge >= 0.3 is 0 Å². The molecule has 1 aromatic carbocycles. The van der Waals surface area contributed by atoms with E-state index in [0.717, 1.165) is 5.75 Å². The lowest BCUT2D eigenvalue weighted by Crippen LogP contribution is -2.22. The number of hydrogen-bond donors (Lipinski definition) is 1. The van der Waals surface area contributed by atoms with Crippen molar-refractivity contribution in [2.24, 2.45) is 5.73 Å². The number of para-hydroxylation sites is 1. The van der Waals surface area contributed by atoms with E-state index in [2.05, 4.69) is 26.8 Å². The Kier molecular flexibility index (Phi) is 4.52. The average molecular weight is 251 g/mol. The van der Waals surface area contributed by atoms with Crippen molar-refractivity contribution >= 4 is 17.2 Å². The number of rotatable bonds is 4. The maximum Gasteiger partial charge on any atom is 0.123 e. The molecular weight excluding hydrogens is 230 g/mol. The van der Waals surface area contributed by atoms with Gasteiger partial charge in [0.15, 0.2) is 0 Å². The Morgan fingerprint density at radius 1 is 1.35 bits per heavy atom. The highest BCUT2D eigenvalue weighted by atomic mass is 32.1. The highest BCUT2D eigenvalue weighted by molar-refractivity contribution is 7.80. The summed E-state index contributed by atoms with van der Waals surface area (Å²) in [7, 11) is 0. The van der Waals surface area contributed by atoms with Crippen LogP contribution in [0.25, 0.3) is 0 Å². The van der Waals surface area contributed by atoms with Gasteiger partial charge in [0.05, 0.1) is 4.99 Å². The van der Waals surface area contributed by atoms with E-state index in [1.807, 2.05) is 25.1 Å². The van der Waals surface area contributed by atoms with E-state index in [9.17, 15) is 0 Å². The molecule has 1 rings (SSSR count). The Bertz CT molecular complexity index is 395. The summed E-state index contributed by atoms with van der Waals surface area (Å²) < 4.78 is 5.92. The maximum atomic E-state index is 5.92. The zero-order valence-electron chi connectivity index (χ0n) is 11.0. The van der Waals surface area contributed by atoms with Crippen LogP contribution < -0.4 is 10.5 Å². The molecule has 0 fully saturated rings. The lowest BCUT2D eigenvalue weighted by Gasteiger charge is -2.24. The number of hydrogen-bond acceptors (Lipinski definition) is 2. The van der Waals surface area contributed by atoms with Gasteiger partial charge in [0, 0.05) is 6.42 Å². The van der Waals surface area contributed by atoms with Crippen LogP contribution in [0, 0.1) is 0 Å². The molecule has 0 amide bonds. The van der Waals surface area contributed by atoms with Gasteiger partial charge in [0.1, 0.15) is 11.9 Å². The fourth-order valence-electron chi connectivity index (χ4n) is 1.73. The third-order valence-corrected chi connectivity index (χ3v) is 2.68. The van der Waals surface area contributed by atoms with Crippen molar-refractivity contribution in [3.05, 3.63) is 29.8 Å². The fraction of sp³-hybridized carbons (Fsp3) is 0.500. The first kappa shape index (κ1) is 14.0. The van der Waals surface area contributed by atoms with Crippen LogP contribution in [0.3, 0.4) is 0 Å². The van der Waals surface area contributed by atoms with Crippen LogP contribution >= 0.6 is 12.2 Å². The monoisotopic (exact) mass is 251 g/mol. The Morgan fingerprint density at radius 2 is 1.94 bits per heavy atom. The Morgan fingerprint density at radius 3 is 2.47 bits per heavy atom. The molecule has 0 aliphatic carbocycles. The average Bonchev–Trinajstić information content (AvgIpc) is 2.15. The molecule has 94 valence electrons. The number of ether oxygens (including phenoxy) is 1. The first-order chi connectivity index (χ1) is 7.80. The van der Waals surface area contributed by atoms with E-state index in [1.165, 1.54) is 5.56 Å². The number of benzene rings is 1. The van der Waals surface area contributed by atoms with Crippen molar-refractivity contribution in [2.75, 3.05) is 0 Å². The molecule has 0 spiro atoms. The summed E-state index contributed by atoms with van der Waals surface area (Å²) in [4.78, 5) is 0.491. The van der Waals surface area contributed by atoms with Gasteiger partial charge in [-0.05, 0) is 24.0 Å². The van der Waals surface area contributed by atoms with Gasteiger partial charge in [-0.15, -0.1) is 0 Å². The Labute approximate surface area is 109 Å². The molecule has 0 aliphatic heterocycles. The van der Waals surface area contributed by atoms with Crippen LogP contribution in [0.15, 0.2) is 24.3 Å². The Hall–Kier alpha value is -1.09. The summed E-state index contributed by atoms with van der Waals surface area (Å²) in [6.07, 6.45) is 0.615. The predicted octanol–water partition coefficient (Wildman–Crippen LogP) is 3.43. The molecule has 0 bridgehead atoms. The topological polar surface area (TPSA) is 35.2 Å². The smallest absolute Gasteiger partial charge is 0.123 e. The molecular formula is C14H21NOS. The summed E-state index contributed by atoms with van der Waals surface area (Å²) >= 11 is 4.89. The van der Waals surface area contributed by atoms with E-state index in [0.29, 0.717) is 11.4 Å². The van der Waals surface area contributed by atoms with Gasteiger partial charge in [-0.25, -0.2) is 0 Å². The standard InChI is InChI=1S/C14H21NOS/c1-10(9-13(15)17)16-12-8-6-5-7-11(12)14(2,3)4/h5-8,10H,9H2,1-4H3,(H2,15,17). The van der Waals surface area contributed by atoms with Crippen molar-refractivity contribution in [2.45, 2.75) is 45.6 Å². The molecule has 0 saturated heterocycles. The second-order valence-electron chi connectivity index (χ2n) is 5.35. The Balaban J connectivity index is 2.87. The summed E-state index contributed by atoms with van der Waals surface area (Å²) in [5.74, 6) is 0.920. The van der Waals surface area contributed by atoms with Crippen LogP contribution in [0.2, 0.25) is 0 Å². The van der Waals surface area contributed by atoms with Crippen molar-refractivity contribution in [1.82, 2.24) is 0 Å². The molecule has 0 aromatic heterocycles.